The van der Waals surface area contributed by atoms with Gasteiger partial charge >= 0.3 is 6.03 Å². The first-order valence-electron chi connectivity index (χ1n) is 10.2. The molecule has 0 aliphatic carbocycles. The number of carbonyl (C=O) groups is 2. The number of urea groups is 1. The van der Waals surface area contributed by atoms with E-state index < -0.39 is 0 Å². The van der Waals surface area contributed by atoms with Gasteiger partial charge in [0, 0.05) is 37.0 Å². The molecule has 0 spiro atoms. The van der Waals surface area contributed by atoms with Crippen molar-refractivity contribution in [2.24, 2.45) is 0 Å². The minimum absolute atomic E-state index is 0.0349. The first kappa shape index (κ1) is 21.5. The number of unbranched alkanes of at least 4 members (excludes halogenated alkanes) is 1. The minimum Gasteiger partial charge on any atom is -0.493 e. The fourth-order valence-electron chi connectivity index (χ4n) is 3.57. The van der Waals surface area contributed by atoms with E-state index in [2.05, 4.69) is 12.2 Å². The van der Waals surface area contributed by atoms with Crippen LogP contribution in [-0.2, 0) is 4.79 Å². The van der Waals surface area contributed by atoms with Crippen LogP contribution in [0.3, 0.4) is 0 Å². The lowest BCUT2D eigenvalue weighted by Crippen LogP contribution is -2.46. The predicted octanol–water partition coefficient (Wildman–Crippen LogP) is 3.83. The lowest BCUT2D eigenvalue weighted by molar-refractivity contribution is -0.117. The van der Waals surface area contributed by atoms with Gasteiger partial charge in [-0.3, -0.25) is 9.69 Å². The van der Waals surface area contributed by atoms with Crippen LogP contribution in [0.4, 0.5) is 16.2 Å². The molecule has 1 aliphatic rings. The number of ether oxygens (including phenoxy) is 2. The van der Waals surface area contributed by atoms with E-state index >= 15 is 0 Å². The van der Waals surface area contributed by atoms with Gasteiger partial charge in [0.25, 0.3) is 0 Å². The summed E-state index contributed by atoms with van der Waals surface area (Å²) in [7, 11) is 3.13. The Morgan fingerprint density at radius 1 is 1.13 bits per heavy atom. The summed E-state index contributed by atoms with van der Waals surface area (Å²) >= 11 is 0. The Balaban J connectivity index is 1.70. The third kappa shape index (κ3) is 4.84. The molecule has 3 rings (SSSR count). The Morgan fingerprint density at radius 3 is 2.53 bits per heavy atom. The van der Waals surface area contributed by atoms with Gasteiger partial charge in [0.15, 0.2) is 11.5 Å². The van der Waals surface area contributed by atoms with Crippen LogP contribution in [0.2, 0.25) is 0 Å². The molecule has 7 heteroatoms. The van der Waals surface area contributed by atoms with Gasteiger partial charge < -0.3 is 19.7 Å². The average molecular weight is 412 g/mol. The molecule has 1 atom stereocenters. The highest BCUT2D eigenvalue weighted by atomic mass is 16.5. The molecule has 0 saturated carbocycles. The number of nitrogens with one attached hydrogen (secondary N) is 1. The molecule has 1 aliphatic heterocycles. The Morgan fingerprint density at radius 2 is 1.87 bits per heavy atom. The van der Waals surface area contributed by atoms with E-state index in [4.69, 9.17) is 9.47 Å². The van der Waals surface area contributed by atoms with Crippen molar-refractivity contribution < 1.29 is 19.1 Å². The fourth-order valence-corrected chi connectivity index (χ4v) is 3.57. The number of amides is 3. The highest BCUT2D eigenvalue weighted by Crippen LogP contribution is 2.33. The maximum Gasteiger partial charge on any atom is 0.322 e. The molecule has 30 heavy (non-hydrogen) atoms. The van der Waals surface area contributed by atoms with Gasteiger partial charge in [0.2, 0.25) is 5.91 Å². The van der Waals surface area contributed by atoms with Crippen molar-refractivity contribution in [3.63, 3.8) is 0 Å². The Hall–Kier alpha value is -3.22. The molecule has 1 saturated heterocycles. The first-order chi connectivity index (χ1) is 14.6. The summed E-state index contributed by atoms with van der Waals surface area (Å²) in [4.78, 5) is 29.0. The largest absolute Gasteiger partial charge is 0.493 e. The number of hydrogen-bond acceptors (Lipinski definition) is 4. The molecular formula is C23H29N3O4. The number of anilines is 2. The van der Waals surface area contributed by atoms with Crippen molar-refractivity contribution >= 4 is 23.3 Å². The van der Waals surface area contributed by atoms with Gasteiger partial charge in [-0.2, -0.15) is 0 Å². The molecule has 0 radical (unpaired) electrons. The van der Waals surface area contributed by atoms with Gasteiger partial charge in [-0.1, -0.05) is 31.5 Å². The quantitative estimate of drug-likeness (QED) is 0.717. The van der Waals surface area contributed by atoms with Crippen LogP contribution in [0.25, 0.3) is 0 Å². The van der Waals surface area contributed by atoms with Crippen molar-refractivity contribution in [2.45, 2.75) is 32.2 Å². The van der Waals surface area contributed by atoms with E-state index in [9.17, 15) is 9.59 Å². The van der Waals surface area contributed by atoms with E-state index in [0.29, 0.717) is 24.6 Å². The summed E-state index contributed by atoms with van der Waals surface area (Å²) in [6, 6.07) is 14.5. The minimum atomic E-state index is -0.258. The van der Waals surface area contributed by atoms with E-state index in [1.165, 1.54) is 0 Å². The lowest BCUT2D eigenvalue weighted by atomic mass is 10.2. The van der Waals surface area contributed by atoms with Crippen LogP contribution in [0.15, 0.2) is 48.5 Å². The van der Waals surface area contributed by atoms with Crippen LogP contribution >= 0.6 is 0 Å². The van der Waals surface area contributed by atoms with Crippen LogP contribution in [0, 0.1) is 0 Å². The van der Waals surface area contributed by atoms with E-state index in [0.717, 1.165) is 24.2 Å². The standard InChI is InChI=1S/C23H29N3O4/c1-4-5-13-25(18-9-7-6-8-10-18)23(28)24-17-14-22(27)26(16-17)19-11-12-20(29-2)21(15-19)30-3/h6-12,15,17H,4-5,13-14,16H2,1-3H3,(H,24,28). The Kier molecular flexibility index (Phi) is 7.17. The first-order valence-corrected chi connectivity index (χ1v) is 10.2. The van der Waals surface area contributed by atoms with Crippen molar-refractivity contribution in [1.29, 1.82) is 0 Å². The van der Waals surface area contributed by atoms with Crippen LogP contribution in [0.1, 0.15) is 26.2 Å². The summed E-state index contributed by atoms with van der Waals surface area (Å²) in [5.41, 5.74) is 1.57. The second-order valence-corrected chi connectivity index (χ2v) is 7.23. The highest BCUT2D eigenvalue weighted by Gasteiger charge is 2.33. The number of para-hydroxylation sites is 1. The molecule has 1 heterocycles. The third-order valence-corrected chi connectivity index (χ3v) is 5.18. The molecule has 0 bridgehead atoms. The van der Waals surface area contributed by atoms with Gasteiger partial charge in [-0.15, -0.1) is 0 Å². The number of benzene rings is 2. The number of methoxy groups -OCH3 is 2. The molecule has 1 unspecified atom stereocenters. The van der Waals surface area contributed by atoms with Crippen molar-refractivity contribution in [3.8, 4) is 11.5 Å². The zero-order valence-corrected chi connectivity index (χ0v) is 17.8. The number of hydrogen-bond donors (Lipinski definition) is 1. The topological polar surface area (TPSA) is 71.1 Å². The normalized spacial score (nSPS) is 15.8. The summed E-state index contributed by atoms with van der Waals surface area (Å²) in [6.07, 6.45) is 2.16. The van der Waals surface area contributed by atoms with Gasteiger partial charge in [-0.05, 0) is 30.7 Å². The molecule has 7 nitrogen and oxygen atoms in total. The SMILES string of the molecule is CCCCN(C(=O)NC1CC(=O)N(c2ccc(OC)c(OC)c2)C1)c1ccccc1. The molecule has 1 N–H and O–H groups in total. The lowest BCUT2D eigenvalue weighted by Gasteiger charge is -2.25. The predicted molar refractivity (Wildman–Crippen MR) is 118 cm³/mol. The number of carbonyl (C=O) groups excluding carboxylic acids is 2. The third-order valence-electron chi connectivity index (χ3n) is 5.18. The van der Waals surface area contributed by atoms with Crippen molar-refractivity contribution in [3.05, 3.63) is 48.5 Å². The monoisotopic (exact) mass is 411 g/mol. The fraction of sp³-hybridized carbons (Fsp3) is 0.391. The van der Waals surface area contributed by atoms with Crippen LogP contribution < -0.4 is 24.6 Å². The molecule has 1 fully saturated rings. The zero-order chi connectivity index (χ0) is 21.5. The molecule has 3 amide bonds. The van der Waals surface area contributed by atoms with Crippen LogP contribution in [0.5, 0.6) is 11.5 Å². The Bertz CT molecular complexity index is 872. The van der Waals surface area contributed by atoms with Gasteiger partial charge in [0.05, 0.1) is 20.3 Å². The molecule has 0 aromatic heterocycles. The average Bonchev–Trinajstić information content (AvgIpc) is 3.14. The summed E-state index contributed by atoms with van der Waals surface area (Å²) in [5.74, 6) is 1.13. The summed E-state index contributed by atoms with van der Waals surface area (Å²) in [5, 5.41) is 3.04. The molecule has 2 aromatic carbocycles. The number of rotatable bonds is 8. The van der Waals surface area contributed by atoms with E-state index in [-0.39, 0.29) is 24.4 Å². The van der Waals surface area contributed by atoms with Crippen molar-refractivity contribution in [2.75, 3.05) is 37.1 Å². The van der Waals surface area contributed by atoms with E-state index in [1.807, 2.05) is 36.4 Å². The zero-order valence-electron chi connectivity index (χ0n) is 17.8. The summed E-state index contributed by atoms with van der Waals surface area (Å²) in [6.45, 7) is 3.14. The summed E-state index contributed by atoms with van der Waals surface area (Å²) < 4.78 is 10.6. The van der Waals surface area contributed by atoms with Gasteiger partial charge in [-0.25, -0.2) is 4.79 Å². The van der Waals surface area contributed by atoms with Gasteiger partial charge in [0.1, 0.15) is 0 Å². The second kappa shape index (κ2) is 10.0. The van der Waals surface area contributed by atoms with Crippen molar-refractivity contribution in [1.82, 2.24) is 5.32 Å². The Labute approximate surface area is 177 Å². The second-order valence-electron chi connectivity index (χ2n) is 7.23. The molecule has 160 valence electrons. The highest BCUT2D eigenvalue weighted by molar-refractivity contribution is 5.98. The molecule has 2 aromatic rings. The number of nitrogens with zero attached hydrogens (tertiary/aromatic N) is 2. The van der Waals surface area contributed by atoms with E-state index in [1.54, 1.807) is 36.2 Å². The molecular weight excluding hydrogens is 382 g/mol. The smallest absolute Gasteiger partial charge is 0.322 e. The van der Waals surface area contributed by atoms with Crippen LogP contribution in [-0.4, -0.2) is 45.3 Å². The maximum atomic E-state index is 13.0. The maximum absolute atomic E-state index is 13.0.